The molecule has 0 radical (unpaired) electrons. The van der Waals surface area contributed by atoms with E-state index in [1.165, 1.54) is 30.3 Å². The highest BCUT2D eigenvalue weighted by Gasteiger charge is 2.27. The average Bonchev–Trinajstić information content (AvgIpc) is 2.78. The van der Waals surface area contributed by atoms with Gasteiger partial charge in [0.2, 0.25) is 5.91 Å². The van der Waals surface area contributed by atoms with Crippen LogP contribution in [0.4, 0.5) is 11.4 Å². The molecule has 0 atom stereocenters. The third-order valence-electron chi connectivity index (χ3n) is 4.64. The van der Waals surface area contributed by atoms with Crippen molar-refractivity contribution in [1.82, 2.24) is 0 Å². The van der Waals surface area contributed by atoms with Crippen molar-refractivity contribution in [2.45, 2.75) is 18.7 Å². The molecule has 0 aromatic heterocycles. The smallest absolute Gasteiger partial charge is 0.338 e. The molecule has 0 bridgehead atoms. The number of hydrogen-bond acceptors (Lipinski definition) is 5. The minimum absolute atomic E-state index is 0.00511. The molecule has 1 N–H and O–H groups in total. The molecule has 9 heteroatoms. The van der Waals surface area contributed by atoms with E-state index in [4.69, 9.17) is 16.3 Å². The van der Waals surface area contributed by atoms with E-state index in [9.17, 15) is 18.0 Å². The van der Waals surface area contributed by atoms with Gasteiger partial charge in [-0.3, -0.25) is 9.10 Å². The summed E-state index contributed by atoms with van der Waals surface area (Å²) >= 11 is 5.90. The molecule has 0 unspecified atom stereocenters. The number of ether oxygens (including phenoxy) is 1. The van der Waals surface area contributed by atoms with Crippen LogP contribution in [0.15, 0.2) is 77.7 Å². The molecule has 7 nitrogen and oxygen atoms in total. The Balaban J connectivity index is 1.89. The number of amides is 1. The summed E-state index contributed by atoms with van der Waals surface area (Å²) < 4.78 is 32.8. The lowest BCUT2D eigenvalue weighted by atomic mass is 10.2. The first-order valence-electron chi connectivity index (χ1n) is 10.1. The van der Waals surface area contributed by atoms with Crippen LogP contribution in [0.1, 0.15) is 22.8 Å². The maximum Gasteiger partial charge on any atom is 0.338 e. The predicted molar refractivity (Wildman–Crippen MR) is 128 cm³/mol. The van der Waals surface area contributed by atoms with Crippen LogP contribution >= 0.6 is 11.6 Å². The fraction of sp³-hybridized carbons (Fsp3) is 0.167. The molecule has 0 saturated heterocycles. The standard InChI is InChI=1S/C24H23ClN2O5S/c1-3-32-24(29)18-7-5-8-20(15-18)26-23(28)16-27(21-9-4-6-17(2)14-21)33(30,31)22-12-10-19(25)11-13-22/h4-15H,3,16H2,1-2H3,(H,26,28). The Hall–Kier alpha value is -3.36. The van der Waals surface area contributed by atoms with Crippen LogP contribution in [0.5, 0.6) is 0 Å². The Kier molecular flexibility index (Phi) is 7.73. The molecule has 3 aromatic carbocycles. The minimum Gasteiger partial charge on any atom is -0.462 e. The molecule has 0 aliphatic heterocycles. The number of carbonyl (C=O) groups excluding carboxylic acids is 2. The molecule has 0 fully saturated rings. The summed E-state index contributed by atoms with van der Waals surface area (Å²) in [5.74, 6) is -1.09. The third kappa shape index (κ3) is 6.12. The molecule has 0 spiro atoms. The number of rotatable bonds is 8. The maximum absolute atomic E-state index is 13.4. The molecule has 0 aliphatic carbocycles. The Morgan fingerprint density at radius 3 is 2.36 bits per heavy atom. The Bertz CT molecular complexity index is 1260. The van der Waals surface area contributed by atoms with E-state index >= 15 is 0 Å². The first kappa shape index (κ1) is 24.3. The molecule has 0 heterocycles. The van der Waals surface area contributed by atoms with Crippen LogP contribution in [-0.2, 0) is 19.6 Å². The van der Waals surface area contributed by atoms with Crippen molar-refractivity contribution in [2.75, 3.05) is 22.8 Å². The molecule has 172 valence electrons. The molecule has 0 saturated carbocycles. The molecule has 33 heavy (non-hydrogen) atoms. The number of aryl methyl sites for hydroxylation is 1. The molecular formula is C24H23ClN2O5S. The van der Waals surface area contributed by atoms with Gasteiger partial charge in [-0.1, -0.05) is 29.8 Å². The van der Waals surface area contributed by atoms with E-state index in [-0.39, 0.29) is 17.1 Å². The van der Waals surface area contributed by atoms with Crippen molar-refractivity contribution in [3.63, 3.8) is 0 Å². The van der Waals surface area contributed by atoms with E-state index in [0.717, 1.165) is 9.87 Å². The number of hydrogen-bond donors (Lipinski definition) is 1. The Labute approximate surface area is 198 Å². The predicted octanol–water partition coefficient (Wildman–Crippen LogP) is 4.66. The lowest BCUT2D eigenvalue weighted by Crippen LogP contribution is -2.38. The zero-order valence-electron chi connectivity index (χ0n) is 18.1. The number of nitrogens with zero attached hydrogens (tertiary/aromatic N) is 1. The Morgan fingerprint density at radius 2 is 1.70 bits per heavy atom. The second-order valence-electron chi connectivity index (χ2n) is 7.15. The highest BCUT2D eigenvalue weighted by Crippen LogP contribution is 2.25. The monoisotopic (exact) mass is 486 g/mol. The summed E-state index contributed by atoms with van der Waals surface area (Å²) in [6, 6.07) is 18.8. The topological polar surface area (TPSA) is 92.8 Å². The van der Waals surface area contributed by atoms with Crippen LogP contribution in [-0.4, -0.2) is 33.4 Å². The minimum atomic E-state index is -4.06. The summed E-state index contributed by atoms with van der Waals surface area (Å²) in [4.78, 5) is 24.8. The van der Waals surface area contributed by atoms with E-state index in [1.807, 2.05) is 13.0 Å². The number of benzene rings is 3. The third-order valence-corrected chi connectivity index (χ3v) is 6.68. The number of carbonyl (C=O) groups is 2. The molecule has 0 aliphatic rings. The number of nitrogens with one attached hydrogen (secondary N) is 1. The van der Waals surface area contributed by atoms with Gasteiger partial charge in [0.15, 0.2) is 0 Å². The van der Waals surface area contributed by atoms with Crippen molar-refractivity contribution >= 4 is 44.9 Å². The van der Waals surface area contributed by atoms with Crippen molar-refractivity contribution < 1.29 is 22.7 Å². The zero-order chi connectivity index (χ0) is 24.0. The second kappa shape index (κ2) is 10.5. The first-order valence-corrected chi connectivity index (χ1v) is 11.9. The van der Waals surface area contributed by atoms with Gasteiger partial charge in [0.05, 0.1) is 22.8 Å². The highest BCUT2D eigenvalue weighted by atomic mass is 35.5. The molecule has 3 aromatic rings. The van der Waals surface area contributed by atoms with Crippen LogP contribution in [0.2, 0.25) is 5.02 Å². The first-order chi connectivity index (χ1) is 15.7. The number of sulfonamides is 1. The quantitative estimate of drug-likeness (QED) is 0.467. The maximum atomic E-state index is 13.4. The van der Waals surface area contributed by atoms with Crippen molar-refractivity contribution in [3.05, 3.63) is 88.9 Å². The molecular weight excluding hydrogens is 464 g/mol. The van der Waals surface area contributed by atoms with E-state index in [2.05, 4.69) is 5.32 Å². The van der Waals surface area contributed by atoms with E-state index < -0.39 is 28.4 Å². The fourth-order valence-electron chi connectivity index (χ4n) is 3.10. The second-order valence-corrected chi connectivity index (χ2v) is 9.45. The largest absolute Gasteiger partial charge is 0.462 e. The summed E-state index contributed by atoms with van der Waals surface area (Å²) in [7, 11) is -4.06. The van der Waals surface area contributed by atoms with Gasteiger partial charge in [0.25, 0.3) is 10.0 Å². The van der Waals surface area contributed by atoms with Crippen molar-refractivity contribution in [2.24, 2.45) is 0 Å². The van der Waals surface area contributed by atoms with Gasteiger partial charge < -0.3 is 10.1 Å². The van der Waals surface area contributed by atoms with Gasteiger partial charge >= 0.3 is 5.97 Å². The van der Waals surface area contributed by atoms with E-state index in [1.54, 1.807) is 43.3 Å². The average molecular weight is 487 g/mol. The number of anilines is 2. The normalized spacial score (nSPS) is 11.0. The van der Waals surface area contributed by atoms with Crippen LogP contribution in [0.3, 0.4) is 0 Å². The molecule has 1 amide bonds. The molecule has 3 rings (SSSR count). The lowest BCUT2D eigenvalue weighted by Gasteiger charge is -2.24. The van der Waals surface area contributed by atoms with Gasteiger partial charge in [-0.15, -0.1) is 0 Å². The zero-order valence-corrected chi connectivity index (χ0v) is 19.7. The van der Waals surface area contributed by atoms with Gasteiger partial charge in [-0.05, 0) is 74.0 Å². The van der Waals surface area contributed by atoms with Gasteiger partial charge in [0, 0.05) is 10.7 Å². The van der Waals surface area contributed by atoms with Crippen LogP contribution in [0.25, 0.3) is 0 Å². The van der Waals surface area contributed by atoms with Crippen LogP contribution in [0, 0.1) is 6.92 Å². The van der Waals surface area contributed by atoms with Gasteiger partial charge in [0.1, 0.15) is 6.54 Å². The summed E-state index contributed by atoms with van der Waals surface area (Å²) in [5, 5.41) is 3.05. The Morgan fingerprint density at radius 1 is 1.00 bits per heavy atom. The SMILES string of the molecule is CCOC(=O)c1cccc(NC(=O)CN(c2cccc(C)c2)S(=O)(=O)c2ccc(Cl)cc2)c1. The summed E-state index contributed by atoms with van der Waals surface area (Å²) in [5.41, 5.74) is 1.81. The van der Waals surface area contributed by atoms with Gasteiger partial charge in [-0.2, -0.15) is 0 Å². The van der Waals surface area contributed by atoms with Crippen LogP contribution < -0.4 is 9.62 Å². The number of halogens is 1. The highest BCUT2D eigenvalue weighted by molar-refractivity contribution is 7.92. The van der Waals surface area contributed by atoms with Gasteiger partial charge in [-0.25, -0.2) is 13.2 Å². The van der Waals surface area contributed by atoms with E-state index in [0.29, 0.717) is 16.4 Å². The van der Waals surface area contributed by atoms with Crippen molar-refractivity contribution in [3.8, 4) is 0 Å². The lowest BCUT2D eigenvalue weighted by molar-refractivity contribution is -0.114. The summed E-state index contributed by atoms with van der Waals surface area (Å²) in [6.45, 7) is 3.28. The summed E-state index contributed by atoms with van der Waals surface area (Å²) in [6.07, 6.45) is 0. The fourth-order valence-corrected chi connectivity index (χ4v) is 4.64. The van der Waals surface area contributed by atoms with Crippen molar-refractivity contribution in [1.29, 1.82) is 0 Å². The number of esters is 1.